The number of nitrogen functional groups attached to an aromatic ring is 1. The third-order valence-corrected chi connectivity index (χ3v) is 3.22. The zero-order valence-corrected chi connectivity index (χ0v) is 11.7. The Hall–Kier alpha value is -2.10. The van der Waals surface area contributed by atoms with Crippen molar-refractivity contribution in [1.29, 1.82) is 0 Å². The van der Waals surface area contributed by atoms with Crippen molar-refractivity contribution in [2.24, 2.45) is 0 Å². The topological polar surface area (TPSA) is 61.0 Å². The van der Waals surface area contributed by atoms with Crippen molar-refractivity contribution in [3.63, 3.8) is 0 Å². The Bertz CT molecular complexity index is 608. The summed E-state index contributed by atoms with van der Waals surface area (Å²) in [5, 5.41) is 0. The van der Waals surface area contributed by atoms with Crippen molar-refractivity contribution in [2.45, 2.75) is 38.7 Å². The summed E-state index contributed by atoms with van der Waals surface area (Å²) >= 11 is 0. The lowest BCUT2D eigenvalue weighted by Crippen LogP contribution is -2.01. The highest BCUT2D eigenvalue weighted by Crippen LogP contribution is 2.29. The van der Waals surface area contributed by atoms with Gasteiger partial charge in [0.05, 0.1) is 11.8 Å². The highest BCUT2D eigenvalue weighted by atomic mass is 16.5. The first-order chi connectivity index (χ1) is 9.74. The molecule has 0 aliphatic heterocycles. The number of aryl methyl sites for hydroxylation is 1. The van der Waals surface area contributed by atoms with E-state index >= 15 is 0 Å². The maximum atomic E-state index is 5.87. The molecule has 1 fully saturated rings. The van der Waals surface area contributed by atoms with E-state index in [0.717, 1.165) is 48.5 Å². The number of anilines is 1. The highest BCUT2D eigenvalue weighted by molar-refractivity contribution is 5.63. The molecule has 1 heterocycles. The highest BCUT2D eigenvalue weighted by Gasteiger charge is 2.23. The number of nitrogens with two attached hydrogens (primary N) is 1. The quantitative estimate of drug-likeness (QED) is 0.905. The van der Waals surface area contributed by atoms with Crippen LogP contribution in [0.15, 0.2) is 30.3 Å². The molecule has 1 aromatic heterocycles. The normalized spacial score (nSPS) is 14.2. The second kappa shape index (κ2) is 5.49. The number of hydrogen-bond acceptors (Lipinski definition) is 4. The van der Waals surface area contributed by atoms with Crippen LogP contribution in [0.2, 0.25) is 0 Å². The standard InChI is InChI=1S/C16H19N3O/c1-2-4-16-18-14(10-15(17)19-16)11-5-3-6-13(9-11)20-12-7-8-12/h3,5-6,9-10,12H,2,4,7-8H2,1H3,(H2,17,18,19). The van der Waals surface area contributed by atoms with Crippen LogP contribution in [0.5, 0.6) is 5.75 Å². The van der Waals surface area contributed by atoms with Crippen LogP contribution in [0.4, 0.5) is 5.82 Å². The van der Waals surface area contributed by atoms with Gasteiger partial charge in [-0.2, -0.15) is 0 Å². The molecule has 2 aromatic rings. The van der Waals surface area contributed by atoms with Crippen LogP contribution in [0.25, 0.3) is 11.3 Å². The van der Waals surface area contributed by atoms with Crippen LogP contribution >= 0.6 is 0 Å². The minimum atomic E-state index is 0.399. The molecule has 1 aliphatic carbocycles. The fourth-order valence-corrected chi connectivity index (χ4v) is 2.11. The second-order valence-corrected chi connectivity index (χ2v) is 5.19. The van der Waals surface area contributed by atoms with E-state index in [2.05, 4.69) is 16.9 Å². The molecule has 1 saturated carbocycles. The molecular weight excluding hydrogens is 250 g/mol. The molecule has 0 radical (unpaired) electrons. The summed E-state index contributed by atoms with van der Waals surface area (Å²) < 4.78 is 5.82. The van der Waals surface area contributed by atoms with Gasteiger partial charge in [-0.1, -0.05) is 19.1 Å². The predicted molar refractivity (Wildman–Crippen MR) is 79.5 cm³/mol. The largest absolute Gasteiger partial charge is 0.490 e. The van der Waals surface area contributed by atoms with Gasteiger partial charge >= 0.3 is 0 Å². The Kier molecular flexibility index (Phi) is 3.54. The van der Waals surface area contributed by atoms with E-state index in [0.29, 0.717) is 11.9 Å². The van der Waals surface area contributed by atoms with Crippen LogP contribution in [0.3, 0.4) is 0 Å². The molecule has 3 rings (SSSR count). The van der Waals surface area contributed by atoms with E-state index in [4.69, 9.17) is 10.5 Å². The maximum absolute atomic E-state index is 5.87. The number of hydrogen-bond donors (Lipinski definition) is 1. The van der Waals surface area contributed by atoms with E-state index in [1.54, 1.807) is 0 Å². The van der Waals surface area contributed by atoms with Crippen molar-refractivity contribution in [3.8, 4) is 17.0 Å². The lowest BCUT2D eigenvalue weighted by molar-refractivity contribution is 0.303. The van der Waals surface area contributed by atoms with E-state index < -0.39 is 0 Å². The lowest BCUT2D eigenvalue weighted by Gasteiger charge is -2.08. The summed E-state index contributed by atoms with van der Waals surface area (Å²) in [5.41, 5.74) is 7.76. The average Bonchev–Trinajstić information content (AvgIpc) is 3.23. The Morgan fingerprint density at radius 1 is 1.25 bits per heavy atom. The summed E-state index contributed by atoms with van der Waals surface area (Å²) in [6.07, 6.45) is 4.57. The summed E-state index contributed by atoms with van der Waals surface area (Å²) in [6, 6.07) is 9.84. The number of aromatic nitrogens is 2. The van der Waals surface area contributed by atoms with Crippen LogP contribution in [-0.2, 0) is 6.42 Å². The van der Waals surface area contributed by atoms with Crippen molar-refractivity contribution in [1.82, 2.24) is 9.97 Å². The van der Waals surface area contributed by atoms with Crippen LogP contribution in [-0.4, -0.2) is 16.1 Å². The first kappa shape index (κ1) is 12.9. The molecule has 20 heavy (non-hydrogen) atoms. The molecule has 104 valence electrons. The summed E-state index contributed by atoms with van der Waals surface area (Å²) in [7, 11) is 0. The van der Waals surface area contributed by atoms with E-state index in [9.17, 15) is 0 Å². The molecular formula is C16H19N3O. The minimum absolute atomic E-state index is 0.399. The van der Waals surface area contributed by atoms with E-state index in [1.165, 1.54) is 0 Å². The SMILES string of the molecule is CCCc1nc(N)cc(-c2cccc(OC3CC3)c2)n1. The van der Waals surface area contributed by atoms with Gasteiger partial charge in [0.15, 0.2) is 0 Å². The van der Waals surface area contributed by atoms with Crippen LogP contribution in [0, 0.1) is 0 Å². The minimum Gasteiger partial charge on any atom is -0.490 e. The molecule has 1 aromatic carbocycles. The van der Waals surface area contributed by atoms with Gasteiger partial charge in [0.2, 0.25) is 0 Å². The van der Waals surface area contributed by atoms with Crippen molar-refractivity contribution in [2.75, 3.05) is 5.73 Å². The smallest absolute Gasteiger partial charge is 0.131 e. The summed E-state index contributed by atoms with van der Waals surface area (Å²) in [4.78, 5) is 8.85. The van der Waals surface area contributed by atoms with Crippen molar-refractivity contribution >= 4 is 5.82 Å². The molecule has 0 amide bonds. The molecule has 0 spiro atoms. The monoisotopic (exact) mass is 269 g/mol. The fourth-order valence-electron chi connectivity index (χ4n) is 2.11. The summed E-state index contributed by atoms with van der Waals surface area (Å²) in [5.74, 6) is 2.22. The Morgan fingerprint density at radius 2 is 2.10 bits per heavy atom. The molecule has 0 bridgehead atoms. The third kappa shape index (κ3) is 3.07. The number of benzene rings is 1. The maximum Gasteiger partial charge on any atom is 0.131 e. The molecule has 0 atom stereocenters. The van der Waals surface area contributed by atoms with E-state index in [-0.39, 0.29) is 0 Å². The Morgan fingerprint density at radius 3 is 2.85 bits per heavy atom. The number of rotatable bonds is 5. The average molecular weight is 269 g/mol. The van der Waals surface area contributed by atoms with Crippen molar-refractivity contribution in [3.05, 3.63) is 36.2 Å². The first-order valence-corrected chi connectivity index (χ1v) is 7.15. The van der Waals surface area contributed by atoms with Gasteiger partial charge in [0, 0.05) is 18.1 Å². The molecule has 0 unspecified atom stereocenters. The van der Waals surface area contributed by atoms with Crippen LogP contribution in [0.1, 0.15) is 32.0 Å². The molecule has 4 heteroatoms. The van der Waals surface area contributed by atoms with Crippen molar-refractivity contribution < 1.29 is 4.74 Å². The zero-order chi connectivity index (χ0) is 13.9. The molecule has 2 N–H and O–H groups in total. The van der Waals surface area contributed by atoms with Crippen LogP contribution < -0.4 is 10.5 Å². The van der Waals surface area contributed by atoms with Gasteiger partial charge in [0.1, 0.15) is 17.4 Å². The van der Waals surface area contributed by atoms with Gasteiger partial charge < -0.3 is 10.5 Å². The molecule has 4 nitrogen and oxygen atoms in total. The zero-order valence-electron chi connectivity index (χ0n) is 11.7. The van der Waals surface area contributed by atoms with Gasteiger partial charge in [-0.3, -0.25) is 0 Å². The van der Waals surface area contributed by atoms with Gasteiger partial charge in [-0.25, -0.2) is 9.97 Å². The molecule has 0 saturated heterocycles. The predicted octanol–water partition coefficient (Wildman–Crippen LogP) is 3.22. The number of ether oxygens (including phenoxy) is 1. The summed E-state index contributed by atoms with van der Waals surface area (Å²) in [6.45, 7) is 2.11. The van der Waals surface area contributed by atoms with Gasteiger partial charge in [-0.05, 0) is 31.4 Å². The van der Waals surface area contributed by atoms with Gasteiger partial charge in [-0.15, -0.1) is 0 Å². The lowest BCUT2D eigenvalue weighted by atomic mass is 10.1. The Balaban J connectivity index is 1.90. The fraction of sp³-hybridized carbons (Fsp3) is 0.375. The Labute approximate surface area is 119 Å². The second-order valence-electron chi connectivity index (χ2n) is 5.19. The first-order valence-electron chi connectivity index (χ1n) is 7.15. The third-order valence-electron chi connectivity index (χ3n) is 3.22. The molecule has 1 aliphatic rings. The van der Waals surface area contributed by atoms with Gasteiger partial charge in [0.25, 0.3) is 0 Å². The number of nitrogens with zero attached hydrogens (tertiary/aromatic N) is 2. The van der Waals surface area contributed by atoms with E-state index in [1.807, 2.05) is 30.3 Å².